The third-order valence-corrected chi connectivity index (χ3v) is 6.17. The van der Waals surface area contributed by atoms with Crippen molar-refractivity contribution in [2.24, 2.45) is 0 Å². The second-order valence-corrected chi connectivity index (χ2v) is 8.88. The molecule has 1 heterocycles. The van der Waals surface area contributed by atoms with Gasteiger partial charge in [-0.3, -0.25) is 0 Å². The van der Waals surface area contributed by atoms with E-state index in [0.717, 1.165) is 17.2 Å². The molecule has 3 aromatic carbocycles. The molecule has 0 saturated carbocycles. The lowest BCUT2D eigenvalue weighted by Crippen LogP contribution is -2.62. The van der Waals surface area contributed by atoms with Crippen LogP contribution in [-0.2, 0) is 46.4 Å². The Labute approximate surface area is 228 Å². The summed E-state index contributed by atoms with van der Waals surface area (Å²) in [5, 5.41) is 0. The van der Waals surface area contributed by atoms with Crippen molar-refractivity contribution in [1.29, 1.82) is 0 Å². The highest BCUT2D eigenvalue weighted by molar-refractivity contribution is 5.89. The summed E-state index contributed by atoms with van der Waals surface area (Å²) in [5.41, 5.74) is 2.23. The minimum atomic E-state index is -1.13. The van der Waals surface area contributed by atoms with Crippen LogP contribution in [0, 0.1) is 0 Å². The molecule has 5 atom stereocenters. The van der Waals surface area contributed by atoms with Gasteiger partial charge in [0.15, 0.2) is 18.5 Å². The second kappa shape index (κ2) is 14.4. The molecule has 0 N–H and O–H groups in total. The van der Waals surface area contributed by atoms with Crippen molar-refractivity contribution in [3.8, 4) is 0 Å². The molecular weight excluding hydrogens is 500 g/mol. The first kappa shape index (κ1) is 28.2. The van der Waals surface area contributed by atoms with Gasteiger partial charge in [0.25, 0.3) is 0 Å². The Hall–Kier alpha value is -3.82. The van der Waals surface area contributed by atoms with Gasteiger partial charge in [0.1, 0.15) is 12.2 Å². The summed E-state index contributed by atoms with van der Waals surface area (Å²) >= 11 is 0. The predicted octanol–water partition coefficient (Wildman–Crippen LogP) is 4.48. The Morgan fingerprint density at radius 2 is 1.38 bits per heavy atom. The molecular formula is C31H32O8. The molecule has 39 heavy (non-hydrogen) atoms. The van der Waals surface area contributed by atoms with Gasteiger partial charge in [-0.05, 0) is 23.3 Å². The first-order valence-electron chi connectivity index (χ1n) is 12.6. The highest BCUT2D eigenvalue weighted by Crippen LogP contribution is 2.31. The van der Waals surface area contributed by atoms with Crippen molar-refractivity contribution < 1.29 is 38.0 Å². The highest BCUT2D eigenvalue weighted by Gasteiger charge is 2.51. The Morgan fingerprint density at radius 1 is 0.795 bits per heavy atom. The van der Waals surface area contributed by atoms with E-state index in [1.54, 1.807) is 30.3 Å². The van der Waals surface area contributed by atoms with Crippen LogP contribution in [0.3, 0.4) is 0 Å². The fraction of sp³-hybridized carbons (Fsp3) is 0.290. The largest absolute Gasteiger partial charge is 0.452 e. The first-order valence-corrected chi connectivity index (χ1v) is 12.6. The van der Waals surface area contributed by atoms with Gasteiger partial charge in [0.2, 0.25) is 0 Å². The zero-order valence-electron chi connectivity index (χ0n) is 21.7. The van der Waals surface area contributed by atoms with Crippen LogP contribution in [0.1, 0.15) is 21.5 Å². The van der Waals surface area contributed by atoms with Crippen LogP contribution in [0.15, 0.2) is 104 Å². The maximum Gasteiger partial charge on any atom is 0.338 e. The fourth-order valence-electron chi connectivity index (χ4n) is 4.25. The van der Waals surface area contributed by atoms with E-state index in [0.29, 0.717) is 12.2 Å². The smallest absolute Gasteiger partial charge is 0.338 e. The van der Waals surface area contributed by atoms with Gasteiger partial charge in [-0.15, -0.1) is 0 Å². The van der Waals surface area contributed by atoms with E-state index < -0.39 is 42.6 Å². The maximum absolute atomic E-state index is 13.2. The second-order valence-electron chi connectivity index (χ2n) is 8.88. The molecule has 1 aliphatic heterocycles. The van der Waals surface area contributed by atoms with E-state index in [1.807, 2.05) is 60.7 Å². The third-order valence-electron chi connectivity index (χ3n) is 6.17. The predicted molar refractivity (Wildman–Crippen MR) is 143 cm³/mol. The normalized spacial score (nSPS) is 22.5. The van der Waals surface area contributed by atoms with Crippen LogP contribution in [0.4, 0.5) is 0 Å². The summed E-state index contributed by atoms with van der Waals surface area (Å²) in [7, 11) is 1.42. The van der Waals surface area contributed by atoms with E-state index in [2.05, 4.69) is 6.58 Å². The van der Waals surface area contributed by atoms with Gasteiger partial charge < -0.3 is 28.4 Å². The molecule has 0 unspecified atom stereocenters. The lowest BCUT2D eigenvalue weighted by atomic mass is 9.98. The fourth-order valence-corrected chi connectivity index (χ4v) is 4.25. The molecule has 0 aliphatic carbocycles. The Balaban J connectivity index is 1.62. The molecule has 8 heteroatoms. The van der Waals surface area contributed by atoms with Crippen molar-refractivity contribution in [3.63, 3.8) is 0 Å². The lowest BCUT2D eigenvalue weighted by Gasteiger charge is -2.44. The number of hydrogen-bond donors (Lipinski definition) is 0. The zero-order valence-corrected chi connectivity index (χ0v) is 21.7. The molecule has 3 aromatic rings. The molecule has 0 radical (unpaired) electrons. The SMILES string of the molecule is C=CC(=O)O[C@@H]1[C@@H](OC)O[C@H](COCc2ccccc2)[C@@H](OCc2ccccc2)[C@@H]1OC(=O)c1ccccc1. The monoisotopic (exact) mass is 532 g/mol. The van der Waals surface area contributed by atoms with Crippen molar-refractivity contribution in [3.05, 3.63) is 120 Å². The van der Waals surface area contributed by atoms with E-state index in [1.165, 1.54) is 7.11 Å². The molecule has 0 amide bonds. The van der Waals surface area contributed by atoms with Gasteiger partial charge >= 0.3 is 11.9 Å². The number of ether oxygens (including phenoxy) is 6. The van der Waals surface area contributed by atoms with Crippen molar-refractivity contribution in [2.45, 2.75) is 43.9 Å². The summed E-state index contributed by atoms with van der Waals surface area (Å²) in [6, 6.07) is 27.8. The minimum Gasteiger partial charge on any atom is -0.452 e. The molecule has 4 rings (SSSR count). The topological polar surface area (TPSA) is 89.5 Å². The number of rotatable bonds is 12. The van der Waals surface area contributed by atoms with Gasteiger partial charge in [0, 0.05) is 13.2 Å². The maximum atomic E-state index is 13.2. The van der Waals surface area contributed by atoms with Gasteiger partial charge in [0.05, 0.1) is 25.4 Å². The summed E-state index contributed by atoms with van der Waals surface area (Å²) < 4.78 is 35.6. The van der Waals surface area contributed by atoms with Crippen molar-refractivity contribution in [2.75, 3.05) is 13.7 Å². The lowest BCUT2D eigenvalue weighted by molar-refractivity contribution is -0.306. The summed E-state index contributed by atoms with van der Waals surface area (Å²) in [6.45, 7) is 4.12. The average Bonchev–Trinajstić information content (AvgIpc) is 2.99. The number of methoxy groups -OCH3 is 1. The summed E-state index contributed by atoms with van der Waals surface area (Å²) in [4.78, 5) is 25.5. The Morgan fingerprint density at radius 3 is 1.97 bits per heavy atom. The number of esters is 2. The molecule has 204 valence electrons. The molecule has 0 aromatic heterocycles. The van der Waals surface area contributed by atoms with Crippen LogP contribution in [0.25, 0.3) is 0 Å². The molecule has 8 nitrogen and oxygen atoms in total. The van der Waals surface area contributed by atoms with E-state index in [9.17, 15) is 9.59 Å². The van der Waals surface area contributed by atoms with Crippen LogP contribution in [-0.4, -0.2) is 56.4 Å². The number of carbonyl (C=O) groups is 2. The molecule has 1 saturated heterocycles. The molecule has 0 spiro atoms. The third kappa shape index (κ3) is 7.84. The van der Waals surface area contributed by atoms with Gasteiger partial charge in [-0.25, -0.2) is 9.59 Å². The van der Waals surface area contributed by atoms with Crippen molar-refractivity contribution in [1.82, 2.24) is 0 Å². The Kier molecular flexibility index (Phi) is 10.4. The van der Waals surface area contributed by atoms with E-state index >= 15 is 0 Å². The number of hydrogen-bond acceptors (Lipinski definition) is 8. The van der Waals surface area contributed by atoms with E-state index in [4.69, 9.17) is 28.4 Å². The standard InChI is InChI=1S/C31H32O8/c1-3-26(32)38-29-28(39-30(33)24-17-11-6-12-18-24)27(36-20-23-15-9-5-10-16-23)25(37-31(29)34-2)21-35-19-22-13-7-4-8-14-22/h3-18,25,27-29,31H,1,19-21H2,2H3/t25-,27-,28+,29+,31+/m1/s1. The van der Waals surface area contributed by atoms with Crippen LogP contribution in [0.2, 0.25) is 0 Å². The molecule has 0 bridgehead atoms. The highest BCUT2D eigenvalue weighted by atomic mass is 16.7. The summed E-state index contributed by atoms with van der Waals surface area (Å²) in [6.07, 6.45) is -3.80. The molecule has 1 aliphatic rings. The van der Waals surface area contributed by atoms with Crippen LogP contribution < -0.4 is 0 Å². The first-order chi connectivity index (χ1) is 19.1. The minimum absolute atomic E-state index is 0.107. The zero-order chi connectivity index (χ0) is 27.5. The van der Waals surface area contributed by atoms with Crippen LogP contribution in [0.5, 0.6) is 0 Å². The Bertz CT molecular complexity index is 1180. The average molecular weight is 533 g/mol. The number of benzene rings is 3. The van der Waals surface area contributed by atoms with Crippen LogP contribution >= 0.6 is 0 Å². The van der Waals surface area contributed by atoms with Crippen molar-refractivity contribution >= 4 is 11.9 Å². The summed E-state index contributed by atoms with van der Waals surface area (Å²) in [5.74, 6) is -1.32. The van der Waals surface area contributed by atoms with Gasteiger partial charge in [-0.1, -0.05) is 85.4 Å². The number of carbonyl (C=O) groups excluding carboxylic acids is 2. The van der Waals surface area contributed by atoms with E-state index in [-0.39, 0.29) is 13.2 Å². The van der Waals surface area contributed by atoms with Gasteiger partial charge in [-0.2, -0.15) is 0 Å². The molecule has 1 fully saturated rings. The quantitative estimate of drug-likeness (QED) is 0.249.